The highest BCUT2D eigenvalue weighted by Gasteiger charge is 2.24. The second-order valence-electron chi connectivity index (χ2n) is 7.49. The van der Waals surface area contributed by atoms with Crippen LogP contribution in [0.3, 0.4) is 0 Å². The number of amides is 1. The van der Waals surface area contributed by atoms with Crippen molar-refractivity contribution in [3.8, 4) is 5.69 Å². The molecule has 0 spiro atoms. The molecule has 3 aromatic rings. The predicted molar refractivity (Wildman–Crippen MR) is 115 cm³/mol. The number of nitrogens with one attached hydrogen (secondary N) is 1. The molecule has 0 aliphatic rings. The monoisotopic (exact) mass is 406 g/mol. The first-order valence-corrected chi connectivity index (χ1v) is 9.88. The zero-order chi connectivity index (χ0) is 21.8. The van der Waals surface area contributed by atoms with E-state index < -0.39 is 18.0 Å². The smallest absolute Gasteiger partial charge is 0.361 e. The van der Waals surface area contributed by atoms with Crippen molar-refractivity contribution in [2.75, 3.05) is 5.32 Å². The van der Waals surface area contributed by atoms with E-state index in [0.29, 0.717) is 5.69 Å². The fourth-order valence-corrected chi connectivity index (χ4v) is 3.08. The summed E-state index contributed by atoms with van der Waals surface area (Å²) in [5.74, 6) is -0.840. The van der Waals surface area contributed by atoms with E-state index in [1.54, 1.807) is 6.92 Å². The Morgan fingerprint density at radius 3 is 2.33 bits per heavy atom. The zero-order valence-electron chi connectivity index (χ0n) is 17.8. The molecule has 0 bridgehead atoms. The second kappa shape index (κ2) is 8.90. The van der Waals surface area contributed by atoms with E-state index in [1.165, 1.54) is 11.7 Å². The maximum absolute atomic E-state index is 12.7. The summed E-state index contributed by atoms with van der Waals surface area (Å²) < 4.78 is 5.37. The van der Waals surface area contributed by atoms with Gasteiger partial charge in [-0.05, 0) is 49.9 Å². The van der Waals surface area contributed by atoms with Gasteiger partial charge in [0.1, 0.15) is 0 Å². The highest BCUT2D eigenvalue weighted by atomic mass is 16.5. The van der Waals surface area contributed by atoms with Crippen molar-refractivity contribution < 1.29 is 14.3 Å². The Hall–Kier alpha value is -3.48. The minimum atomic E-state index is -0.988. The Morgan fingerprint density at radius 2 is 1.67 bits per heavy atom. The quantitative estimate of drug-likeness (QED) is 0.620. The van der Waals surface area contributed by atoms with Gasteiger partial charge < -0.3 is 10.1 Å². The maximum Gasteiger partial charge on any atom is 0.361 e. The number of esters is 1. The van der Waals surface area contributed by atoms with Crippen LogP contribution < -0.4 is 5.32 Å². The minimum Gasteiger partial charge on any atom is -0.448 e. The molecule has 0 aliphatic carbocycles. The maximum atomic E-state index is 12.7. The van der Waals surface area contributed by atoms with Gasteiger partial charge in [-0.2, -0.15) is 9.90 Å². The predicted octanol–water partition coefficient (Wildman–Crippen LogP) is 4.19. The molecule has 1 aromatic heterocycles. The average Bonchev–Trinajstić information content (AvgIpc) is 3.11. The van der Waals surface area contributed by atoms with E-state index in [9.17, 15) is 9.59 Å². The van der Waals surface area contributed by atoms with Gasteiger partial charge in [0.05, 0.1) is 11.4 Å². The van der Waals surface area contributed by atoms with Crippen molar-refractivity contribution in [2.24, 2.45) is 0 Å². The van der Waals surface area contributed by atoms with E-state index in [0.717, 1.165) is 22.5 Å². The molecule has 2 aromatic carbocycles. The normalized spacial score (nSPS) is 11.9. The minimum absolute atomic E-state index is 0.0808. The third kappa shape index (κ3) is 4.56. The standard InChI is InChI=1S/C23H26N4O3/c1-14(2)19-13-9-10-15(3)20(19)24-22(28)17(5)30-23(29)21-16(4)25-27(26-21)18-11-7-6-8-12-18/h6-14,17H,1-5H3,(H,24,28). The third-order valence-corrected chi connectivity index (χ3v) is 4.79. The number of ether oxygens (including phenoxy) is 1. The largest absolute Gasteiger partial charge is 0.448 e. The first-order chi connectivity index (χ1) is 14.3. The van der Waals surface area contributed by atoms with Crippen LogP contribution in [0.1, 0.15) is 54.0 Å². The fourth-order valence-electron chi connectivity index (χ4n) is 3.08. The van der Waals surface area contributed by atoms with E-state index in [4.69, 9.17) is 4.74 Å². The Bertz CT molecular complexity index is 1060. The molecule has 1 amide bonds. The van der Waals surface area contributed by atoms with Gasteiger partial charge in [0.2, 0.25) is 0 Å². The van der Waals surface area contributed by atoms with E-state index in [2.05, 4.69) is 29.4 Å². The van der Waals surface area contributed by atoms with E-state index in [1.807, 2.05) is 55.5 Å². The molecule has 156 valence electrons. The number of carbonyl (C=O) groups excluding carboxylic acids is 2. The Morgan fingerprint density at radius 1 is 0.967 bits per heavy atom. The third-order valence-electron chi connectivity index (χ3n) is 4.79. The van der Waals surface area contributed by atoms with E-state index in [-0.39, 0.29) is 11.6 Å². The van der Waals surface area contributed by atoms with Crippen LogP contribution in [-0.4, -0.2) is 33.0 Å². The van der Waals surface area contributed by atoms with E-state index >= 15 is 0 Å². The lowest BCUT2D eigenvalue weighted by Gasteiger charge is -2.18. The molecular formula is C23H26N4O3. The summed E-state index contributed by atoms with van der Waals surface area (Å²) in [6.45, 7) is 9.27. The number of para-hydroxylation sites is 2. The summed E-state index contributed by atoms with van der Waals surface area (Å²) in [4.78, 5) is 26.7. The molecule has 0 aliphatic heterocycles. The lowest BCUT2D eigenvalue weighted by atomic mass is 9.98. The molecule has 0 radical (unpaired) electrons. The van der Waals surface area contributed by atoms with Crippen molar-refractivity contribution in [3.05, 3.63) is 71.0 Å². The average molecular weight is 406 g/mol. The molecule has 30 heavy (non-hydrogen) atoms. The van der Waals surface area contributed by atoms with Gasteiger partial charge in [0.15, 0.2) is 11.8 Å². The van der Waals surface area contributed by atoms with Gasteiger partial charge in [-0.3, -0.25) is 4.79 Å². The molecule has 1 atom stereocenters. The summed E-state index contributed by atoms with van der Waals surface area (Å²) in [6.07, 6.45) is -0.988. The van der Waals surface area contributed by atoms with Gasteiger partial charge in [-0.15, -0.1) is 5.10 Å². The van der Waals surface area contributed by atoms with Crippen LogP contribution in [0.4, 0.5) is 5.69 Å². The Kier molecular flexibility index (Phi) is 6.30. The van der Waals surface area contributed by atoms with Gasteiger partial charge >= 0.3 is 5.97 Å². The topological polar surface area (TPSA) is 86.1 Å². The van der Waals surface area contributed by atoms with Gasteiger partial charge in [-0.1, -0.05) is 50.2 Å². The van der Waals surface area contributed by atoms with Gasteiger partial charge in [0, 0.05) is 5.69 Å². The van der Waals surface area contributed by atoms with Crippen molar-refractivity contribution >= 4 is 17.6 Å². The Balaban J connectivity index is 1.72. The van der Waals surface area contributed by atoms with Gasteiger partial charge in [-0.25, -0.2) is 4.79 Å². The fraction of sp³-hybridized carbons (Fsp3) is 0.304. The molecule has 0 fully saturated rings. The summed E-state index contributed by atoms with van der Waals surface area (Å²) in [6, 6.07) is 15.1. The molecule has 1 N–H and O–H groups in total. The first-order valence-electron chi connectivity index (χ1n) is 9.88. The summed E-state index contributed by atoms with van der Waals surface area (Å²) >= 11 is 0. The molecule has 7 nitrogen and oxygen atoms in total. The number of rotatable bonds is 6. The number of anilines is 1. The second-order valence-corrected chi connectivity index (χ2v) is 7.49. The zero-order valence-corrected chi connectivity index (χ0v) is 17.8. The van der Waals surface area contributed by atoms with Crippen LogP contribution in [0.5, 0.6) is 0 Å². The molecule has 7 heteroatoms. The number of hydrogen-bond donors (Lipinski definition) is 1. The summed E-state index contributed by atoms with van der Waals surface area (Å²) in [5, 5.41) is 11.4. The molecule has 3 rings (SSSR count). The number of hydrogen-bond acceptors (Lipinski definition) is 5. The lowest BCUT2D eigenvalue weighted by Crippen LogP contribution is -2.31. The van der Waals surface area contributed by atoms with Crippen LogP contribution >= 0.6 is 0 Å². The SMILES string of the molecule is Cc1cccc(C(C)C)c1NC(=O)C(C)OC(=O)c1nn(-c2ccccc2)nc1C. The van der Waals surface area contributed by atoms with Gasteiger partial charge in [0.25, 0.3) is 5.91 Å². The molecule has 1 heterocycles. The number of benzene rings is 2. The first kappa shape index (κ1) is 21.2. The van der Waals surface area contributed by atoms with Crippen molar-refractivity contribution in [2.45, 2.75) is 46.6 Å². The highest BCUT2D eigenvalue weighted by molar-refractivity contribution is 5.98. The highest BCUT2D eigenvalue weighted by Crippen LogP contribution is 2.27. The Labute approximate surface area is 176 Å². The number of carbonyl (C=O) groups is 2. The van der Waals surface area contributed by atoms with Crippen molar-refractivity contribution in [3.63, 3.8) is 0 Å². The van der Waals surface area contributed by atoms with Crippen molar-refractivity contribution in [1.82, 2.24) is 15.0 Å². The number of aromatic nitrogens is 3. The van der Waals surface area contributed by atoms with Crippen LogP contribution in [0.2, 0.25) is 0 Å². The molecular weight excluding hydrogens is 380 g/mol. The number of aryl methyl sites for hydroxylation is 2. The van der Waals surface area contributed by atoms with Crippen LogP contribution in [0, 0.1) is 13.8 Å². The van der Waals surface area contributed by atoms with Crippen LogP contribution in [0.15, 0.2) is 48.5 Å². The lowest BCUT2D eigenvalue weighted by molar-refractivity contribution is -0.123. The molecule has 0 saturated carbocycles. The molecule has 1 unspecified atom stereocenters. The van der Waals surface area contributed by atoms with Crippen molar-refractivity contribution in [1.29, 1.82) is 0 Å². The summed E-state index contributed by atoms with van der Waals surface area (Å²) in [7, 11) is 0. The number of nitrogens with zero attached hydrogens (tertiary/aromatic N) is 3. The molecule has 0 saturated heterocycles. The summed E-state index contributed by atoms with van der Waals surface area (Å²) in [5.41, 5.74) is 3.98. The van der Waals surface area contributed by atoms with Crippen LogP contribution in [0.25, 0.3) is 5.69 Å². The van der Waals surface area contributed by atoms with Crippen LogP contribution in [-0.2, 0) is 9.53 Å².